The molecule has 0 bridgehead atoms. The van der Waals surface area contributed by atoms with Crippen LogP contribution in [0.15, 0.2) is 24.3 Å². The average molecular weight is 410 g/mol. The van der Waals surface area contributed by atoms with E-state index in [4.69, 9.17) is 9.47 Å². The molecule has 3 rings (SSSR count). The summed E-state index contributed by atoms with van der Waals surface area (Å²) in [6, 6.07) is 7.51. The Morgan fingerprint density at radius 1 is 1.32 bits per heavy atom. The first kappa shape index (κ1) is 22.1. The van der Waals surface area contributed by atoms with Gasteiger partial charge in [-0.25, -0.2) is 4.68 Å². The second kappa shape index (κ2) is 11.0. The number of hydrogen-bond donors (Lipinski definition) is 2. The summed E-state index contributed by atoms with van der Waals surface area (Å²) in [7, 11) is 3.44. The summed E-state index contributed by atoms with van der Waals surface area (Å²) in [5.41, 5.74) is 0.878. The van der Waals surface area contributed by atoms with E-state index in [-0.39, 0.29) is 24.7 Å². The Hall–Kier alpha value is -2.16. The molecule has 9 heteroatoms. The van der Waals surface area contributed by atoms with Crippen molar-refractivity contribution in [2.24, 2.45) is 7.05 Å². The highest BCUT2D eigenvalue weighted by atomic mass is 35.5. The predicted molar refractivity (Wildman–Crippen MR) is 109 cm³/mol. The summed E-state index contributed by atoms with van der Waals surface area (Å²) >= 11 is 0. The third kappa shape index (κ3) is 6.19. The Morgan fingerprint density at radius 3 is 2.86 bits per heavy atom. The summed E-state index contributed by atoms with van der Waals surface area (Å²) in [5, 5.41) is 10.7. The van der Waals surface area contributed by atoms with Crippen LogP contribution in [0.25, 0.3) is 0 Å². The van der Waals surface area contributed by atoms with Crippen LogP contribution in [-0.2, 0) is 23.0 Å². The molecule has 28 heavy (non-hydrogen) atoms. The van der Waals surface area contributed by atoms with Crippen LogP contribution in [0.3, 0.4) is 0 Å². The number of amides is 1. The first-order valence-corrected chi connectivity index (χ1v) is 9.28. The Kier molecular flexibility index (Phi) is 8.69. The van der Waals surface area contributed by atoms with E-state index in [1.165, 1.54) is 0 Å². The fourth-order valence-electron chi connectivity index (χ4n) is 3.11. The number of carbonyl (C=O) groups is 1. The summed E-state index contributed by atoms with van der Waals surface area (Å²) in [6.45, 7) is 2.96. The van der Waals surface area contributed by atoms with E-state index in [1.807, 2.05) is 24.3 Å². The molecule has 1 fully saturated rings. The Balaban J connectivity index is 0.00000280. The van der Waals surface area contributed by atoms with E-state index in [0.29, 0.717) is 25.1 Å². The fourth-order valence-corrected chi connectivity index (χ4v) is 3.11. The average Bonchev–Trinajstić information content (AvgIpc) is 3.03. The number of benzene rings is 1. The second-order valence-electron chi connectivity index (χ2n) is 6.66. The van der Waals surface area contributed by atoms with Crippen LogP contribution in [0.5, 0.6) is 5.75 Å². The molecule has 1 aliphatic heterocycles. The fraction of sp³-hybridized carbons (Fsp3) is 0.526. The third-order valence-corrected chi connectivity index (χ3v) is 4.55. The van der Waals surface area contributed by atoms with Gasteiger partial charge >= 0.3 is 0 Å². The van der Waals surface area contributed by atoms with Gasteiger partial charge in [-0.3, -0.25) is 10.1 Å². The summed E-state index contributed by atoms with van der Waals surface area (Å²) in [5.74, 6) is 2.24. The number of nitrogens with one attached hydrogen (secondary N) is 2. The van der Waals surface area contributed by atoms with Gasteiger partial charge in [0.15, 0.2) is 5.82 Å². The summed E-state index contributed by atoms with van der Waals surface area (Å²) in [4.78, 5) is 17.0. The predicted octanol–water partition coefficient (Wildman–Crippen LogP) is 1.91. The number of piperidine rings is 1. The summed E-state index contributed by atoms with van der Waals surface area (Å²) in [6.07, 6.45) is 2.29. The molecule has 2 heterocycles. The molecule has 1 aliphatic rings. The maximum Gasteiger partial charge on any atom is 0.231 e. The van der Waals surface area contributed by atoms with E-state index < -0.39 is 0 Å². The molecule has 8 nitrogen and oxygen atoms in total. The second-order valence-corrected chi connectivity index (χ2v) is 6.66. The van der Waals surface area contributed by atoms with Gasteiger partial charge in [-0.1, -0.05) is 12.1 Å². The normalized spacial score (nSPS) is 14.4. The zero-order valence-corrected chi connectivity index (χ0v) is 17.1. The molecule has 0 atom stereocenters. The molecular formula is C19H28ClN5O3. The van der Waals surface area contributed by atoms with Gasteiger partial charge < -0.3 is 14.8 Å². The van der Waals surface area contributed by atoms with E-state index >= 15 is 0 Å². The molecular weight excluding hydrogens is 382 g/mol. The molecule has 0 saturated carbocycles. The highest BCUT2D eigenvalue weighted by Gasteiger charge is 2.21. The SMILES string of the molecule is COCCOc1cccc(CC(=O)Nc2nc(C3CCNCC3)nn2C)c1.Cl. The van der Waals surface area contributed by atoms with Crippen molar-refractivity contribution in [3.8, 4) is 5.75 Å². The Labute approximate surface area is 171 Å². The van der Waals surface area contributed by atoms with Crippen LogP contribution in [0.4, 0.5) is 5.95 Å². The number of methoxy groups -OCH3 is 1. The molecule has 1 aromatic carbocycles. The quantitative estimate of drug-likeness (QED) is 0.647. The highest BCUT2D eigenvalue weighted by molar-refractivity contribution is 5.90. The first-order chi connectivity index (χ1) is 13.2. The van der Waals surface area contributed by atoms with Crippen molar-refractivity contribution in [3.63, 3.8) is 0 Å². The maximum atomic E-state index is 12.4. The maximum absolute atomic E-state index is 12.4. The minimum atomic E-state index is -0.128. The number of halogens is 1. The zero-order valence-electron chi connectivity index (χ0n) is 16.3. The molecule has 0 unspecified atom stereocenters. The van der Waals surface area contributed by atoms with Crippen LogP contribution >= 0.6 is 12.4 Å². The molecule has 2 N–H and O–H groups in total. The van der Waals surface area contributed by atoms with Crippen LogP contribution in [-0.4, -0.2) is 54.1 Å². The number of ether oxygens (including phenoxy) is 2. The number of anilines is 1. The number of aromatic nitrogens is 3. The van der Waals surface area contributed by atoms with Crippen molar-refractivity contribution in [1.29, 1.82) is 0 Å². The molecule has 2 aromatic rings. The monoisotopic (exact) mass is 409 g/mol. The van der Waals surface area contributed by atoms with Crippen LogP contribution < -0.4 is 15.4 Å². The molecule has 1 aromatic heterocycles. The van der Waals surface area contributed by atoms with Gasteiger partial charge in [0.2, 0.25) is 11.9 Å². The topological polar surface area (TPSA) is 90.3 Å². The van der Waals surface area contributed by atoms with Crippen molar-refractivity contribution < 1.29 is 14.3 Å². The Bertz CT molecular complexity index is 762. The number of aryl methyl sites for hydroxylation is 1. The van der Waals surface area contributed by atoms with Gasteiger partial charge in [0.25, 0.3) is 0 Å². The van der Waals surface area contributed by atoms with Gasteiger partial charge in [-0.05, 0) is 43.6 Å². The number of rotatable bonds is 8. The summed E-state index contributed by atoms with van der Waals surface area (Å²) < 4.78 is 12.2. The molecule has 1 saturated heterocycles. The van der Waals surface area contributed by atoms with E-state index in [9.17, 15) is 4.79 Å². The zero-order chi connectivity index (χ0) is 19.1. The van der Waals surface area contributed by atoms with Gasteiger partial charge in [0.1, 0.15) is 12.4 Å². The number of carbonyl (C=O) groups excluding carboxylic acids is 1. The van der Waals surface area contributed by atoms with Crippen molar-refractivity contribution in [2.75, 3.05) is 38.7 Å². The minimum Gasteiger partial charge on any atom is -0.491 e. The van der Waals surface area contributed by atoms with Crippen molar-refractivity contribution in [1.82, 2.24) is 20.1 Å². The molecule has 0 spiro atoms. The van der Waals surface area contributed by atoms with Crippen LogP contribution in [0.2, 0.25) is 0 Å². The highest BCUT2D eigenvalue weighted by Crippen LogP contribution is 2.23. The lowest BCUT2D eigenvalue weighted by Gasteiger charge is -2.19. The van der Waals surface area contributed by atoms with Crippen LogP contribution in [0, 0.1) is 0 Å². The van der Waals surface area contributed by atoms with Crippen LogP contribution in [0.1, 0.15) is 30.1 Å². The number of hydrogen-bond acceptors (Lipinski definition) is 6. The van der Waals surface area contributed by atoms with Crippen molar-refractivity contribution in [2.45, 2.75) is 25.2 Å². The molecule has 1 amide bonds. The lowest BCUT2D eigenvalue weighted by Crippen LogP contribution is -2.27. The third-order valence-electron chi connectivity index (χ3n) is 4.55. The van der Waals surface area contributed by atoms with E-state index in [0.717, 1.165) is 43.1 Å². The number of nitrogens with zero attached hydrogens (tertiary/aromatic N) is 3. The lowest BCUT2D eigenvalue weighted by molar-refractivity contribution is -0.115. The molecule has 154 valence electrons. The largest absolute Gasteiger partial charge is 0.491 e. The first-order valence-electron chi connectivity index (χ1n) is 9.28. The van der Waals surface area contributed by atoms with Crippen molar-refractivity contribution in [3.05, 3.63) is 35.7 Å². The molecule has 0 radical (unpaired) electrons. The van der Waals surface area contributed by atoms with Crippen molar-refractivity contribution >= 4 is 24.3 Å². The Morgan fingerprint density at radius 2 is 2.11 bits per heavy atom. The van der Waals surface area contributed by atoms with Gasteiger partial charge in [-0.2, -0.15) is 10.1 Å². The standard InChI is InChI=1S/C19H27N5O3.ClH/c1-24-19(22-18(23-24)15-6-8-20-9-7-15)21-17(25)13-14-4-3-5-16(12-14)27-11-10-26-2;/h3-5,12,15,20H,6-11,13H2,1-2H3,(H,21,22,23,25);1H. The van der Waals surface area contributed by atoms with Gasteiger partial charge in [0, 0.05) is 20.1 Å². The smallest absolute Gasteiger partial charge is 0.231 e. The van der Waals surface area contributed by atoms with Gasteiger partial charge in [-0.15, -0.1) is 12.4 Å². The van der Waals surface area contributed by atoms with Gasteiger partial charge in [0.05, 0.1) is 13.0 Å². The molecule has 0 aliphatic carbocycles. The lowest BCUT2D eigenvalue weighted by atomic mass is 9.98. The van der Waals surface area contributed by atoms with E-state index in [1.54, 1.807) is 18.8 Å². The minimum absolute atomic E-state index is 0. The van der Waals surface area contributed by atoms with E-state index in [2.05, 4.69) is 20.7 Å².